The lowest BCUT2D eigenvalue weighted by atomic mass is 10.4. The topological polar surface area (TPSA) is 3.24 Å². The molecule has 3 heteroatoms. The minimum Gasteiger partial charge on any atom is -1.00 e. The molecule has 0 heterocycles. The normalized spacial score (nSPS) is 11.7. The van der Waals surface area contributed by atoms with Crippen LogP contribution in [0.25, 0.3) is 0 Å². The van der Waals surface area contributed by atoms with E-state index in [0.29, 0.717) is 0 Å². The Morgan fingerprint density at radius 1 is 0.650 bits per heavy atom. The number of hydrogen-bond acceptors (Lipinski definition) is 1. The predicted octanol–water partition coefficient (Wildman–Crippen LogP) is 2.36. The maximum atomic E-state index is 2.36. The molecule has 0 fully saturated rings. The summed E-state index contributed by atoms with van der Waals surface area (Å²) in [6.07, 6.45) is 16.3. The Morgan fingerprint density at radius 3 is 1.30 bits per heavy atom. The van der Waals surface area contributed by atoms with E-state index < -0.39 is 7.26 Å². The van der Waals surface area contributed by atoms with Crippen LogP contribution in [0.1, 0.15) is 65.7 Å². The second-order valence-corrected chi connectivity index (χ2v) is 10.9. The summed E-state index contributed by atoms with van der Waals surface area (Å²) in [4.78, 5) is 2.36. The first-order valence-electron chi connectivity index (χ1n) is 8.60. The van der Waals surface area contributed by atoms with Gasteiger partial charge in [-0.05, 0) is 39.8 Å². The third-order valence-electron chi connectivity index (χ3n) is 4.20. The van der Waals surface area contributed by atoms with E-state index in [-0.39, 0.29) is 12.4 Å². The van der Waals surface area contributed by atoms with Crippen LogP contribution in [0, 0.1) is 0 Å². The van der Waals surface area contributed by atoms with Gasteiger partial charge in [0.05, 0.1) is 24.6 Å². The van der Waals surface area contributed by atoms with E-state index in [4.69, 9.17) is 0 Å². The van der Waals surface area contributed by atoms with Crippen molar-refractivity contribution in [1.82, 2.24) is 4.90 Å². The Balaban J connectivity index is 0. The van der Waals surface area contributed by atoms with Gasteiger partial charge in [-0.3, -0.25) is 0 Å². The fourth-order valence-electron chi connectivity index (χ4n) is 2.87. The van der Waals surface area contributed by atoms with Crippen LogP contribution in [0.4, 0.5) is 0 Å². The third kappa shape index (κ3) is 11.4. The van der Waals surface area contributed by atoms with Gasteiger partial charge in [0, 0.05) is 13.8 Å². The van der Waals surface area contributed by atoms with Crippen molar-refractivity contribution in [1.29, 1.82) is 0 Å². The quantitative estimate of drug-likeness (QED) is 0.470. The predicted molar refractivity (Wildman–Crippen MR) is 94.3 cm³/mol. The lowest BCUT2D eigenvalue weighted by molar-refractivity contribution is -0.00000451. The Morgan fingerprint density at radius 2 is 1.00 bits per heavy atom. The van der Waals surface area contributed by atoms with Gasteiger partial charge in [0.15, 0.2) is 0 Å². The van der Waals surface area contributed by atoms with E-state index in [1.54, 1.807) is 24.6 Å². The maximum Gasteiger partial charge on any atom is 0.0606 e. The van der Waals surface area contributed by atoms with Gasteiger partial charge >= 0.3 is 0 Å². The summed E-state index contributed by atoms with van der Waals surface area (Å²) in [6, 6.07) is 0. The molecule has 0 rings (SSSR count). The maximum absolute atomic E-state index is 2.36. The van der Waals surface area contributed by atoms with Crippen molar-refractivity contribution in [3.8, 4) is 0 Å². The van der Waals surface area contributed by atoms with Crippen LogP contribution in [-0.2, 0) is 0 Å². The largest absolute Gasteiger partial charge is 1.00 e. The van der Waals surface area contributed by atoms with E-state index in [2.05, 4.69) is 39.8 Å². The van der Waals surface area contributed by atoms with Crippen LogP contribution < -0.4 is 12.4 Å². The van der Waals surface area contributed by atoms with Crippen molar-refractivity contribution in [2.45, 2.75) is 65.7 Å². The summed E-state index contributed by atoms with van der Waals surface area (Å²) in [6.45, 7) is 8.35. The molecule has 0 saturated carbocycles. The molecular formula is C17H39ClNP. The number of nitrogens with zero attached hydrogens (tertiary/aromatic N) is 1. The molecule has 0 N–H and O–H groups in total. The number of hydrogen-bond donors (Lipinski definition) is 0. The number of rotatable bonds is 13. The summed E-state index contributed by atoms with van der Waals surface area (Å²) < 4.78 is 0. The lowest BCUT2D eigenvalue weighted by Crippen LogP contribution is -3.00. The summed E-state index contributed by atoms with van der Waals surface area (Å²) in [5, 5.41) is 0. The molecule has 0 radical (unpaired) electrons. The van der Waals surface area contributed by atoms with Crippen molar-refractivity contribution >= 4 is 7.26 Å². The molecule has 124 valence electrons. The van der Waals surface area contributed by atoms with Gasteiger partial charge < -0.3 is 17.3 Å². The highest BCUT2D eigenvalue weighted by Crippen LogP contribution is 2.61. The molecule has 0 aliphatic rings. The van der Waals surface area contributed by atoms with Gasteiger partial charge in [0.2, 0.25) is 0 Å². The number of unbranched alkanes of at least 4 members (excludes halogenated alkanes) is 3. The molecule has 0 unspecified atom stereocenters. The van der Waals surface area contributed by atoms with E-state index in [1.807, 2.05) is 0 Å². The van der Waals surface area contributed by atoms with E-state index >= 15 is 0 Å². The Hall–Kier alpha value is 0.680. The summed E-state index contributed by atoms with van der Waals surface area (Å²) in [7, 11) is 3.80. The van der Waals surface area contributed by atoms with Gasteiger partial charge in [-0.15, -0.1) is 0 Å². The van der Waals surface area contributed by atoms with Gasteiger partial charge in [0.1, 0.15) is 0 Å². The van der Waals surface area contributed by atoms with Gasteiger partial charge in [-0.1, -0.05) is 40.0 Å². The zero-order valence-electron chi connectivity index (χ0n) is 14.8. The van der Waals surface area contributed by atoms with Crippen LogP contribution in [0.5, 0.6) is 0 Å². The second-order valence-electron chi connectivity index (χ2n) is 6.45. The van der Waals surface area contributed by atoms with E-state index in [9.17, 15) is 0 Å². The average molecular weight is 324 g/mol. The van der Waals surface area contributed by atoms with Crippen LogP contribution in [0.2, 0.25) is 0 Å². The van der Waals surface area contributed by atoms with Crippen LogP contribution in [-0.4, -0.2) is 50.2 Å². The van der Waals surface area contributed by atoms with Crippen LogP contribution in [0.15, 0.2) is 0 Å². The summed E-state index contributed by atoms with van der Waals surface area (Å²) >= 11 is 0. The first kappa shape index (κ1) is 23.0. The molecular weight excluding hydrogens is 285 g/mol. The standard InChI is InChI=1S/C17H39NP.ClH/c1-6-9-14-19(15-10-7-2,16-11-8-3)17-12-13-18(4)5;/h6-17H2,1-5H3;1H/q+1;/p-1. The fraction of sp³-hybridized carbons (Fsp3) is 1.00. The molecule has 0 spiro atoms. The fourth-order valence-corrected chi connectivity index (χ4v) is 7.99. The molecule has 0 aliphatic carbocycles. The highest BCUT2D eigenvalue weighted by molar-refractivity contribution is 7.75. The molecule has 0 amide bonds. The minimum absolute atomic E-state index is 0. The average Bonchev–Trinajstić information content (AvgIpc) is 2.39. The third-order valence-corrected chi connectivity index (χ3v) is 9.26. The SMILES string of the molecule is CCCC[P+](CCCC)(CCCC)CCCN(C)C.[Cl-]. The molecule has 0 atom stereocenters. The highest BCUT2D eigenvalue weighted by atomic mass is 35.5. The van der Waals surface area contributed by atoms with Gasteiger partial charge in [-0.2, -0.15) is 0 Å². The Bertz CT molecular complexity index is 176. The number of halogens is 1. The van der Waals surface area contributed by atoms with Crippen molar-refractivity contribution < 1.29 is 12.4 Å². The molecule has 0 aromatic carbocycles. The first-order valence-corrected chi connectivity index (χ1v) is 11.1. The van der Waals surface area contributed by atoms with Crippen LogP contribution in [0.3, 0.4) is 0 Å². The van der Waals surface area contributed by atoms with E-state index in [0.717, 1.165) is 0 Å². The molecule has 0 aliphatic heterocycles. The summed E-state index contributed by atoms with van der Waals surface area (Å²) in [5.74, 6) is 0. The monoisotopic (exact) mass is 323 g/mol. The van der Waals surface area contributed by atoms with Crippen molar-refractivity contribution in [3.05, 3.63) is 0 Å². The molecule has 0 bridgehead atoms. The zero-order chi connectivity index (χ0) is 14.6. The van der Waals surface area contributed by atoms with Gasteiger partial charge in [0.25, 0.3) is 0 Å². The lowest BCUT2D eigenvalue weighted by Gasteiger charge is -2.28. The Labute approximate surface area is 136 Å². The van der Waals surface area contributed by atoms with Crippen molar-refractivity contribution in [2.24, 2.45) is 0 Å². The highest BCUT2D eigenvalue weighted by Gasteiger charge is 2.34. The van der Waals surface area contributed by atoms with Crippen LogP contribution >= 0.6 is 7.26 Å². The molecule has 0 aromatic heterocycles. The molecule has 20 heavy (non-hydrogen) atoms. The molecule has 0 saturated heterocycles. The minimum atomic E-state index is -0.629. The molecule has 1 nitrogen and oxygen atoms in total. The molecule has 0 aromatic rings. The van der Waals surface area contributed by atoms with Crippen molar-refractivity contribution in [3.63, 3.8) is 0 Å². The summed E-state index contributed by atoms with van der Waals surface area (Å²) in [5.41, 5.74) is 0. The smallest absolute Gasteiger partial charge is 0.0606 e. The second kappa shape index (κ2) is 14.6. The van der Waals surface area contributed by atoms with Gasteiger partial charge in [-0.25, -0.2) is 0 Å². The first-order chi connectivity index (χ1) is 9.10. The zero-order valence-corrected chi connectivity index (χ0v) is 16.4. The Kier molecular flexibility index (Phi) is 16.8. The van der Waals surface area contributed by atoms with E-state index in [1.165, 1.54) is 51.5 Å². The van der Waals surface area contributed by atoms with Crippen molar-refractivity contribution in [2.75, 3.05) is 45.3 Å².